The van der Waals surface area contributed by atoms with Crippen LogP contribution in [0.2, 0.25) is 0 Å². The summed E-state index contributed by atoms with van der Waals surface area (Å²) in [5.41, 5.74) is 0.886. The molecule has 0 aliphatic heterocycles. The molecule has 0 amide bonds. The van der Waals surface area contributed by atoms with Crippen molar-refractivity contribution in [2.75, 3.05) is 0 Å². The highest BCUT2D eigenvalue weighted by atomic mass is 35.7. The minimum atomic E-state index is -3.61. The number of hydrogen-bond acceptors (Lipinski definition) is 2. The van der Waals surface area contributed by atoms with Crippen LogP contribution in [0.25, 0.3) is 0 Å². The first-order valence-corrected chi connectivity index (χ1v) is 6.57. The van der Waals surface area contributed by atoms with E-state index >= 15 is 0 Å². The van der Waals surface area contributed by atoms with Gasteiger partial charge in [-0.15, -0.1) is 0 Å². The molecule has 1 aromatic rings. The molecule has 0 fully saturated rings. The second-order valence-electron chi connectivity index (χ2n) is 4.22. The van der Waals surface area contributed by atoms with E-state index in [1.807, 2.05) is 26.8 Å². The zero-order chi connectivity index (χ0) is 11.0. The van der Waals surface area contributed by atoms with Crippen molar-refractivity contribution in [2.45, 2.75) is 31.1 Å². The number of rotatable bonds is 1. The van der Waals surface area contributed by atoms with E-state index in [9.17, 15) is 8.42 Å². The van der Waals surface area contributed by atoms with E-state index in [-0.39, 0.29) is 10.3 Å². The Hall–Kier alpha value is -0.540. The zero-order valence-corrected chi connectivity index (χ0v) is 9.98. The summed E-state index contributed by atoms with van der Waals surface area (Å²) < 4.78 is 22.2. The Morgan fingerprint density at radius 1 is 1.21 bits per heavy atom. The summed E-state index contributed by atoms with van der Waals surface area (Å²) in [4.78, 5) is 0.159. The maximum Gasteiger partial charge on any atom is 0.261 e. The standard InChI is InChI=1S/C10H13ClO2S/c1-10(2,3)8-5-4-6-9(7-8)14(11,12)13/h4-7H,1-3H3. The fraction of sp³-hybridized carbons (Fsp3) is 0.400. The number of benzene rings is 1. The van der Waals surface area contributed by atoms with Crippen LogP contribution in [0, 0.1) is 0 Å². The predicted molar refractivity (Wildman–Crippen MR) is 58.2 cm³/mol. The normalized spacial score (nSPS) is 12.9. The Bertz CT molecular complexity index is 430. The van der Waals surface area contributed by atoms with Gasteiger partial charge in [-0.05, 0) is 23.1 Å². The van der Waals surface area contributed by atoms with E-state index in [2.05, 4.69) is 0 Å². The van der Waals surface area contributed by atoms with Gasteiger partial charge in [-0.25, -0.2) is 8.42 Å². The fourth-order valence-electron chi connectivity index (χ4n) is 1.11. The molecule has 0 saturated heterocycles. The van der Waals surface area contributed by atoms with Crippen molar-refractivity contribution >= 4 is 19.7 Å². The van der Waals surface area contributed by atoms with E-state index in [0.29, 0.717) is 0 Å². The summed E-state index contributed by atoms with van der Waals surface area (Å²) >= 11 is 0. The fourth-order valence-corrected chi connectivity index (χ4v) is 1.91. The summed E-state index contributed by atoms with van der Waals surface area (Å²) in [7, 11) is 1.64. The summed E-state index contributed by atoms with van der Waals surface area (Å²) in [5.74, 6) is 0. The van der Waals surface area contributed by atoms with Crippen LogP contribution in [0.1, 0.15) is 26.3 Å². The Morgan fingerprint density at radius 2 is 1.79 bits per heavy atom. The van der Waals surface area contributed by atoms with Gasteiger partial charge in [0.1, 0.15) is 0 Å². The average molecular weight is 233 g/mol. The Balaban J connectivity index is 3.29. The molecular weight excluding hydrogens is 220 g/mol. The average Bonchev–Trinajstić information content (AvgIpc) is 2.01. The van der Waals surface area contributed by atoms with Crippen molar-refractivity contribution in [2.24, 2.45) is 0 Å². The van der Waals surface area contributed by atoms with Gasteiger partial charge in [0.25, 0.3) is 9.05 Å². The van der Waals surface area contributed by atoms with E-state index in [0.717, 1.165) is 5.56 Å². The third-order valence-electron chi connectivity index (χ3n) is 1.98. The lowest BCUT2D eigenvalue weighted by atomic mass is 9.87. The molecule has 0 aliphatic carbocycles. The van der Waals surface area contributed by atoms with Crippen molar-refractivity contribution in [3.63, 3.8) is 0 Å². The molecule has 0 saturated carbocycles. The van der Waals surface area contributed by atoms with Gasteiger partial charge >= 0.3 is 0 Å². The lowest BCUT2D eigenvalue weighted by Crippen LogP contribution is -2.11. The Labute approximate surface area is 89.3 Å². The number of hydrogen-bond donors (Lipinski definition) is 0. The van der Waals surface area contributed by atoms with E-state index in [1.54, 1.807) is 12.1 Å². The molecular formula is C10H13ClO2S. The monoisotopic (exact) mass is 232 g/mol. The molecule has 0 N–H and O–H groups in total. The first-order valence-electron chi connectivity index (χ1n) is 4.26. The topological polar surface area (TPSA) is 34.1 Å². The second kappa shape index (κ2) is 3.55. The molecule has 14 heavy (non-hydrogen) atoms. The molecule has 0 radical (unpaired) electrons. The van der Waals surface area contributed by atoms with Gasteiger partial charge in [0.2, 0.25) is 0 Å². The van der Waals surface area contributed by atoms with E-state index < -0.39 is 9.05 Å². The molecule has 0 spiro atoms. The second-order valence-corrected chi connectivity index (χ2v) is 6.78. The summed E-state index contributed by atoms with van der Waals surface area (Å²) in [5, 5.41) is 0. The highest BCUT2D eigenvalue weighted by Crippen LogP contribution is 2.25. The van der Waals surface area contributed by atoms with Crippen LogP contribution in [0.3, 0.4) is 0 Å². The summed E-state index contributed by atoms with van der Waals surface area (Å²) in [6.07, 6.45) is 0. The predicted octanol–water partition coefficient (Wildman–Crippen LogP) is 2.91. The van der Waals surface area contributed by atoms with Crippen molar-refractivity contribution in [1.29, 1.82) is 0 Å². The summed E-state index contributed by atoms with van der Waals surface area (Å²) in [6.45, 7) is 6.06. The van der Waals surface area contributed by atoms with Crippen LogP contribution in [-0.4, -0.2) is 8.42 Å². The Morgan fingerprint density at radius 3 is 2.21 bits per heavy atom. The van der Waals surface area contributed by atoms with Gasteiger partial charge in [-0.2, -0.15) is 0 Å². The first-order chi connectivity index (χ1) is 6.21. The van der Waals surface area contributed by atoms with Gasteiger partial charge in [0.05, 0.1) is 4.90 Å². The molecule has 1 aromatic carbocycles. The third kappa shape index (κ3) is 2.72. The maximum atomic E-state index is 11.1. The minimum absolute atomic E-state index is 0.0718. The van der Waals surface area contributed by atoms with Crippen LogP contribution in [0.5, 0.6) is 0 Å². The molecule has 4 heteroatoms. The lowest BCUT2D eigenvalue weighted by Gasteiger charge is -2.19. The maximum absolute atomic E-state index is 11.1. The highest BCUT2D eigenvalue weighted by molar-refractivity contribution is 8.13. The number of halogens is 1. The van der Waals surface area contributed by atoms with Crippen LogP contribution in [0.15, 0.2) is 29.2 Å². The molecule has 1 rings (SSSR count). The van der Waals surface area contributed by atoms with Gasteiger partial charge < -0.3 is 0 Å². The van der Waals surface area contributed by atoms with Crippen molar-refractivity contribution in [3.8, 4) is 0 Å². The molecule has 0 heterocycles. The largest absolute Gasteiger partial charge is 0.261 e. The van der Waals surface area contributed by atoms with E-state index in [4.69, 9.17) is 10.7 Å². The van der Waals surface area contributed by atoms with Crippen LogP contribution >= 0.6 is 10.7 Å². The van der Waals surface area contributed by atoms with E-state index in [1.165, 1.54) is 6.07 Å². The van der Waals surface area contributed by atoms with Crippen molar-refractivity contribution < 1.29 is 8.42 Å². The van der Waals surface area contributed by atoms with Gasteiger partial charge in [-0.1, -0.05) is 32.9 Å². The molecule has 0 unspecified atom stereocenters. The molecule has 0 aromatic heterocycles. The minimum Gasteiger partial charge on any atom is -0.207 e. The zero-order valence-electron chi connectivity index (χ0n) is 8.41. The third-order valence-corrected chi connectivity index (χ3v) is 3.33. The quantitative estimate of drug-likeness (QED) is 0.698. The van der Waals surface area contributed by atoms with Gasteiger partial charge in [0.15, 0.2) is 0 Å². The van der Waals surface area contributed by atoms with Crippen molar-refractivity contribution in [1.82, 2.24) is 0 Å². The van der Waals surface area contributed by atoms with Gasteiger partial charge in [0, 0.05) is 10.7 Å². The van der Waals surface area contributed by atoms with Gasteiger partial charge in [-0.3, -0.25) is 0 Å². The smallest absolute Gasteiger partial charge is 0.207 e. The summed E-state index contributed by atoms with van der Waals surface area (Å²) in [6, 6.07) is 6.71. The molecule has 0 aliphatic rings. The lowest BCUT2D eigenvalue weighted by molar-refractivity contribution is 0.586. The molecule has 2 nitrogen and oxygen atoms in total. The molecule has 0 bridgehead atoms. The molecule has 78 valence electrons. The first kappa shape index (κ1) is 11.5. The molecule has 0 atom stereocenters. The van der Waals surface area contributed by atoms with Crippen molar-refractivity contribution in [3.05, 3.63) is 29.8 Å². The SMILES string of the molecule is CC(C)(C)c1cccc(S(=O)(=O)Cl)c1. The Kier molecular flexibility index (Phi) is 2.93. The van der Waals surface area contributed by atoms with Crippen LogP contribution < -0.4 is 0 Å². The van der Waals surface area contributed by atoms with Crippen LogP contribution in [-0.2, 0) is 14.5 Å². The van der Waals surface area contributed by atoms with Crippen LogP contribution in [0.4, 0.5) is 0 Å². The highest BCUT2D eigenvalue weighted by Gasteiger charge is 2.17.